The van der Waals surface area contributed by atoms with Crippen molar-refractivity contribution in [3.63, 3.8) is 0 Å². The van der Waals surface area contributed by atoms with Gasteiger partial charge in [0.05, 0.1) is 17.7 Å². The highest BCUT2D eigenvalue weighted by Crippen LogP contribution is 2.36. The van der Waals surface area contributed by atoms with Gasteiger partial charge in [0.25, 0.3) is 5.91 Å². The largest absolute Gasteiger partial charge is 0.497 e. The Bertz CT molecular complexity index is 1190. The lowest BCUT2D eigenvalue weighted by molar-refractivity contribution is -0.137. The molecule has 0 atom stereocenters. The average Bonchev–Trinajstić information content (AvgIpc) is 3.20. The van der Waals surface area contributed by atoms with Gasteiger partial charge in [0, 0.05) is 23.4 Å². The lowest BCUT2D eigenvalue weighted by atomic mass is 10.1. The lowest BCUT2D eigenvalue weighted by Gasteiger charge is -2.09. The Morgan fingerprint density at radius 2 is 1.97 bits per heavy atom. The van der Waals surface area contributed by atoms with Gasteiger partial charge in [-0.05, 0) is 42.5 Å². The standard InChI is InChI=1S/C22H14ClF3N2O3/c1-30-16-4-2-3-15(11-16)28-21(29)13(12-27)9-17-6-8-20(31-17)18-10-14(22(24,25)26)5-7-19(18)23/h2-11H,1H3,(H,28,29)/b13-9+. The molecule has 1 N–H and O–H groups in total. The predicted octanol–water partition coefficient (Wildman–Crippen LogP) is 6.17. The van der Waals surface area contributed by atoms with Crippen molar-refractivity contribution in [3.05, 3.63) is 76.5 Å². The number of ether oxygens (including phenoxy) is 1. The number of anilines is 1. The first-order valence-electron chi connectivity index (χ1n) is 8.75. The maximum Gasteiger partial charge on any atom is 0.416 e. The molecule has 0 radical (unpaired) electrons. The highest BCUT2D eigenvalue weighted by atomic mass is 35.5. The van der Waals surface area contributed by atoms with Crippen molar-refractivity contribution in [2.45, 2.75) is 6.18 Å². The van der Waals surface area contributed by atoms with E-state index in [0.29, 0.717) is 11.4 Å². The molecule has 0 bridgehead atoms. The van der Waals surface area contributed by atoms with E-state index < -0.39 is 17.6 Å². The third kappa shape index (κ3) is 5.27. The molecule has 0 fully saturated rings. The van der Waals surface area contributed by atoms with Crippen molar-refractivity contribution < 1.29 is 27.1 Å². The Kier molecular flexibility index (Phi) is 6.37. The number of hydrogen-bond donors (Lipinski definition) is 1. The molecule has 31 heavy (non-hydrogen) atoms. The number of alkyl halides is 3. The number of rotatable bonds is 5. The minimum atomic E-state index is -4.54. The van der Waals surface area contributed by atoms with E-state index >= 15 is 0 Å². The monoisotopic (exact) mass is 446 g/mol. The number of hydrogen-bond acceptors (Lipinski definition) is 4. The van der Waals surface area contributed by atoms with Crippen LogP contribution >= 0.6 is 11.6 Å². The molecule has 1 heterocycles. The Hall–Kier alpha value is -3.70. The van der Waals surface area contributed by atoms with Crippen molar-refractivity contribution >= 4 is 29.3 Å². The van der Waals surface area contributed by atoms with Crippen LogP contribution in [-0.4, -0.2) is 13.0 Å². The molecule has 0 saturated carbocycles. The first-order chi connectivity index (χ1) is 14.7. The minimum Gasteiger partial charge on any atom is -0.497 e. The second-order valence-electron chi connectivity index (χ2n) is 6.25. The molecule has 1 aromatic heterocycles. The van der Waals surface area contributed by atoms with Crippen molar-refractivity contribution in [1.29, 1.82) is 5.26 Å². The van der Waals surface area contributed by atoms with Crippen molar-refractivity contribution in [1.82, 2.24) is 0 Å². The van der Waals surface area contributed by atoms with Gasteiger partial charge in [0.1, 0.15) is 28.9 Å². The first-order valence-corrected chi connectivity index (χ1v) is 9.13. The number of nitrogens with zero attached hydrogens (tertiary/aromatic N) is 1. The third-order valence-corrected chi connectivity index (χ3v) is 4.49. The summed E-state index contributed by atoms with van der Waals surface area (Å²) in [5, 5.41) is 12.0. The lowest BCUT2D eigenvalue weighted by Crippen LogP contribution is -2.13. The van der Waals surface area contributed by atoms with Crippen LogP contribution in [0.15, 0.2) is 64.6 Å². The van der Waals surface area contributed by atoms with Crippen LogP contribution in [-0.2, 0) is 11.0 Å². The van der Waals surface area contributed by atoms with E-state index in [0.717, 1.165) is 18.2 Å². The van der Waals surface area contributed by atoms with Gasteiger partial charge in [-0.2, -0.15) is 18.4 Å². The summed E-state index contributed by atoms with van der Waals surface area (Å²) < 4.78 is 49.5. The number of benzene rings is 2. The molecule has 158 valence electrons. The predicted molar refractivity (Wildman–Crippen MR) is 109 cm³/mol. The van der Waals surface area contributed by atoms with Crippen LogP contribution in [0.5, 0.6) is 5.75 Å². The molecule has 0 unspecified atom stereocenters. The molecule has 9 heteroatoms. The summed E-state index contributed by atoms with van der Waals surface area (Å²) in [7, 11) is 1.48. The molecule has 3 rings (SSSR count). The first kappa shape index (κ1) is 22.0. The van der Waals surface area contributed by atoms with Crippen LogP contribution in [0.4, 0.5) is 18.9 Å². The van der Waals surface area contributed by atoms with Crippen LogP contribution in [0, 0.1) is 11.3 Å². The van der Waals surface area contributed by atoms with Gasteiger partial charge in [-0.3, -0.25) is 4.79 Å². The summed E-state index contributed by atoms with van der Waals surface area (Å²) in [6.07, 6.45) is -3.36. The quantitative estimate of drug-likeness (QED) is 0.375. The van der Waals surface area contributed by atoms with E-state index in [1.54, 1.807) is 30.3 Å². The second kappa shape index (κ2) is 8.98. The number of amides is 1. The van der Waals surface area contributed by atoms with Gasteiger partial charge in [-0.1, -0.05) is 17.7 Å². The zero-order valence-corrected chi connectivity index (χ0v) is 16.7. The van der Waals surface area contributed by atoms with E-state index in [9.17, 15) is 23.2 Å². The highest BCUT2D eigenvalue weighted by Gasteiger charge is 2.31. The molecule has 0 spiro atoms. The summed E-state index contributed by atoms with van der Waals surface area (Å²) in [4.78, 5) is 12.4. The number of methoxy groups -OCH3 is 1. The van der Waals surface area contributed by atoms with E-state index in [-0.39, 0.29) is 27.7 Å². The van der Waals surface area contributed by atoms with Crippen LogP contribution < -0.4 is 10.1 Å². The summed E-state index contributed by atoms with van der Waals surface area (Å²) in [6, 6.07) is 14.0. The number of nitrogens with one attached hydrogen (secondary N) is 1. The van der Waals surface area contributed by atoms with Gasteiger partial charge >= 0.3 is 6.18 Å². The van der Waals surface area contributed by atoms with Gasteiger partial charge in [-0.15, -0.1) is 0 Å². The molecule has 0 aliphatic heterocycles. The minimum absolute atomic E-state index is 0.0375. The Labute approximate surface area is 180 Å². The summed E-state index contributed by atoms with van der Waals surface area (Å²) in [5.41, 5.74) is -0.688. The van der Waals surface area contributed by atoms with Crippen LogP contribution in [0.1, 0.15) is 11.3 Å². The van der Waals surface area contributed by atoms with E-state index in [2.05, 4.69) is 5.32 Å². The number of carbonyl (C=O) groups is 1. The number of nitriles is 1. The van der Waals surface area contributed by atoms with Crippen LogP contribution in [0.25, 0.3) is 17.4 Å². The second-order valence-corrected chi connectivity index (χ2v) is 6.66. The van der Waals surface area contributed by atoms with Crippen molar-refractivity contribution in [2.24, 2.45) is 0 Å². The zero-order valence-electron chi connectivity index (χ0n) is 16.0. The molecule has 0 aliphatic rings. The van der Waals surface area contributed by atoms with E-state index in [4.69, 9.17) is 20.8 Å². The Balaban J connectivity index is 1.86. The normalized spacial score (nSPS) is 11.7. The maximum absolute atomic E-state index is 13.0. The fourth-order valence-corrected chi connectivity index (χ4v) is 2.87. The SMILES string of the molecule is COc1cccc(NC(=O)/C(C#N)=C/c2ccc(-c3cc(C(F)(F)F)ccc3Cl)o2)c1. The van der Waals surface area contributed by atoms with Crippen molar-refractivity contribution in [2.75, 3.05) is 12.4 Å². The molecular weight excluding hydrogens is 433 g/mol. The van der Waals surface area contributed by atoms with Crippen LogP contribution in [0.3, 0.4) is 0 Å². The topological polar surface area (TPSA) is 75.3 Å². The molecule has 2 aromatic carbocycles. The molecule has 3 aromatic rings. The summed E-state index contributed by atoms with van der Waals surface area (Å²) >= 11 is 6.02. The number of furan rings is 1. The van der Waals surface area contributed by atoms with Gasteiger partial charge < -0.3 is 14.5 Å². The van der Waals surface area contributed by atoms with Crippen LogP contribution in [0.2, 0.25) is 5.02 Å². The van der Waals surface area contributed by atoms with Crippen molar-refractivity contribution in [3.8, 4) is 23.1 Å². The third-order valence-electron chi connectivity index (χ3n) is 4.17. The summed E-state index contributed by atoms with van der Waals surface area (Å²) in [5.74, 6) is -0.00611. The fraction of sp³-hybridized carbons (Fsp3) is 0.0909. The number of carbonyl (C=O) groups excluding carboxylic acids is 1. The molecule has 5 nitrogen and oxygen atoms in total. The maximum atomic E-state index is 13.0. The molecule has 1 amide bonds. The van der Waals surface area contributed by atoms with Gasteiger partial charge in [0.2, 0.25) is 0 Å². The van der Waals surface area contributed by atoms with E-state index in [1.807, 2.05) is 0 Å². The molecule has 0 saturated heterocycles. The summed E-state index contributed by atoms with van der Waals surface area (Å²) in [6.45, 7) is 0. The Morgan fingerprint density at radius 1 is 1.19 bits per heavy atom. The molecular formula is C22H14ClF3N2O3. The molecule has 0 aliphatic carbocycles. The fourth-order valence-electron chi connectivity index (χ4n) is 2.66. The average molecular weight is 447 g/mol. The van der Waals surface area contributed by atoms with Gasteiger partial charge in [-0.25, -0.2) is 0 Å². The zero-order chi connectivity index (χ0) is 22.6. The smallest absolute Gasteiger partial charge is 0.416 e. The Morgan fingerprint density at radius 3 is 2.65 bits per heavy atom. The highest BCUT2D eigenvalue weighted by molar-refractivity contribution is 6.33. The van der Waals surface area contributed by atoms with E-state index in [1.165, 1.54) is 25.3 Å². The van der Waals surface area contributed by atoms with Gasteiger partial charge in [0.15, 0.2) is 0 Å². The number of halogens is 4.